The Morgan fingerprint density at radius 3 is 3.00 bits per heavy atom. The lowest BCUT2D eigenvalue weighted by Crippen LogP contribution is -1.98. The van der Waals surface area contributed by atoms with Crippen LogP contribution in [0.4, 0.5) is 0 Å². The van der Waals surface area contributed by atoms with Crippen LogP contribution in [-0.4, -0.2) is 16.1 Å². The van der Waals surface area contributed by atoms with E-state index in [0.29, 0.717) is 5.01 Å². The van der Waals surface area contributed by atoms with E-state index in [1.54, 1.807) is 6.20 Å². The molecule has 0 unspecified atom stereocenters. The number of thiazole rings is 1. The molecule has 11 heavy (non-hydrogen) atoms. The quantitative estimate of drug-likeness (QED) is 0.746. The molecule has 1 N–H and O–H groups in total. The third-order valence-corrected chi connectivity index (χ3v) is 2.39. The maximum Gasteiger partial charge on any atom is 0.310 e. The number of aromatic nitrogens is 1. The number of carboxylic acid groups (broad SMARTS) is 1. The smallest absolute Gasteiger partial charge is 0.310 e. The number of nitrogens with zero attached hydrogens (tertiary/aromatic N) is 1. The molecule has 0 amide bonds. The van der Waals surface area contributed by atoms with E-state index in [9.17, 15) is 4.79 Å². The Bertz CT molecular complexity index is 257. The van der Waals surface area contributed by atoms with E-state index in [1.165, 1.54) is 11.3 Å². The maximum absolute atomic E-state index is 10.2. The summed E-state index contributed by atoms with van der Waals surface area (Å²) < 4.78 is 0. The topological polar surface area (TPSA) is 50.2 Å². The van der Waals surface area contributed by atoms with E-state index in [4.69, 9.17) is 5.11 Å². The molecule has 0 saturated heterocycles. The minimum atomic E-state index is -0.818. The predicted molar refractivity (Wildman–Crippen MR) is 42.8 cm³/mol. The van der Waals surface area contributed by atoms with Crippen molar-refractivity contribution in [3.63, 3.8) is 0 Å². The first kappa shape index (κ1) is 8.20. The summed E-state index contributed by atoms with van der Waals surface area (Å²) in [6.07, 6.45) is 2.71. The molecule has 1 heterocycles. The number of hydrogen-bond donors (Lipinski definition) is 1. The molecule has 0 saturated carbocycles. The third-order valence-electron chi connectivity index (χ3n) is 1.25. The van der Waals surface area contributed by atoms with Gasteiger partial charge in [0.15, 0.2) is 0 Å². The predicted octanol–water partition coefficient (Wildman–Crippen LogP) is 1.33. The van der Waals surface area contributed by atoms with Gasteiger partial charge in [-0.3, -0.25) is 4.79 Å². The maximum atomic E-state index is 10.2. The number of hydrogen-bond acceptors (Lipinski definition) is 3. The second-order valence-corrected chi connectivity index (χ2v) is 3.34. The molecule has 0 fully saturated rings. The normalized spacial score (nSPS) is 9.91. The summed E-state index contributed by atoms with van der Waals surface area (Å²) in [7, 11) is 0. The minimum Gasteiger partial charge on any atom is -0.481 e. The highest BCUT2D eigenvalue weighted by molar-refractivity contribution is 7.11. The van der Waals surface area contributed by atoms with Crippen LogP contribution < -0.4 is 0 Å². The Hall–Kier alpha value is -0.900. The van der Waals surface area contributed by atoms with Crippen molar-refractivity contribution < 1.29 is 9.90 Å². The first-order valence-corrected chi connectivity index (χ1v) is 4.19. The summed E-state index contributed by atoms with van der Waals surface area (Å²) in [5.41, 5.74) is 0. The van der Waals surface area contributed by atoms with E-state index in [2.05, 4.69) is 4.98 Å². The SMILES string of the molecule is CCc1cnc(CC(=O)O)s1. The summed E-state index contributed by atoms with van der Waals surface area (Å²) in [4.78, 5) is 15.3. The summed E-state index contributed by atoms with van der Waals surface area (Å²) in [6.45, 7) is 2.03. The Morgan fingerprint density at radius 2 is 2.55 bits per heavy atom. The molecule has 0 aliphatic heterocycles. The van der Waals surface area contributed by atoms with Crippen molar-refractivity contribution in [1.82, 2.24) is 4.98 Å². The molecule has 1 aromatic rings. The van der Waals surface area contributed by atoms with Gasteiger partial charge in [-0.15, -0.1) is 11.3 Å². The molecule has 0 radical (unpaired) electrons. The van der Waals surface area contributed by atoms with Crippen LogP contribution in [0.25, 0.3) is 0 Å². The van der Waals surface area contributed by atoms with E-state index in [1.807, 2.05) is 6.92 Å². The largest absolute Gasteiger partial charge is 0.481 e. The van der Waals surface area contributed by atoms with Crippen LogP contribution in [0.5, 0.6) is 0 Å². The average Bonchev–Trinajstić information content (AvgIpc) is 2.34. The average molecular weight is 171 g/mol. The first-order valence-electron chi connectivity index (χ1n) is 3.37. The van der Waals surface area contributed by atoms with Gasteiger partial charge in [-0.2, -0.15) is 0 Å². The lowest BCUT2D eigenvalue weighted by atomic mass is 10.4. The summed E-state index contributed by atoms with van der Waals surface area (Å²) in [5, 5.41) is 9.10. The minimum absolute atomic E-state index is 0.0463. The zero-order chi connectivity index (χ0) is 8.27. The van der Waals surface area contributed by atoms with Gasteiger partial charge >= 0.3 is 5.97 Å². The molecule has 0 aromatic carbocycles. The molecule has 0 aliphatic rings. The Kier molecular flexibility index (Phi) is 2.59. The van der Waals surface area contributed by atoms with Gasteiger partial charge in [0.25, 0.3) is 0 Å². The van der Waals surface area contributed by atoms with Gasteiger partial charge in [-0.25, -0.2) is 4.98 Å². The molecular formula is C7H9NO2S. The molecule has 0 aliphatic carbocycles. The number of carboxylic acids is 1. The highest BCUT2D eigenvalue weighted by Crippen LogP contribution is 2.13. The fraction of sp³-hybridized carbons (Fsp3) is 0.429. The van der Waals surface area contributed by atoms with Gasteiger partial charge in [-0.05, 0) is 6.42 Å². The standard InChI is InChI=1S/C7H9NO2S/c1-2-5-4-8-6(11-5)3-7(9)10/h4H,2-3H2,1H3,(H,9,10). The second kappa shape index (κ2) is 3.48. The Labute approximate surface area is 68.7 Å². The van der Waals surface area contributed by atoms with Crippen LogP contribution in [0, 0.1) is 0 Å². The fourth-order valence-corrected chi connectivity index (χ4v) is 1.58. The molecular weight excluding hydrogens is 162 g/mol. The Morgan fingerprint density at radius 1 is 1.82 bits per heavy atom. The molecule has 1 rings (SSSR count). The first-order chi connectivity index (χ1) is 5.22. The van der Waals surface area contributed by atoms with Crippen LogP contribution in [0.15, 0.2) is 6.20 Å². The van der Waals surface area contributed by atoms with E-state index in [-0.39, 0.29) is 6.42 Å². The molecule has 4 heteroatoms. The van der Waals surface area contributed by atoms with Crippen LogP contribution in [0.2, 0.25) is 0 Å². The lowest BCUT2D eigenvalue weighted by Gasteiger charge is -1.85. The van der Waals surface area contributed by atoms with E-state index in [0.717, 1.165) is 11.3 Å². The van der Waals surface area contributed by atoms with Gasteiger partial charge in [-0.1, -0.05) is 6.92 Å². The van der Waals surface area contributed by atoms with Crippen LogP contribution in [0.1, 0.15) is 16.8 Å². The lowest BCUT2D eigenvalue weighted by molar-refractivity contribution is -0.136. The zero-order valence-electron chi connectivity index (χ0n) is 6.20. The number of carbonyl (C=O) groups is 1. The van der Waals surface area contributed by atoms with Gasteiger partial charge in [0.1, 0.15) is 5.01 Å². The number of rotatable bonds is 3. The summed E-state index contributed by atoms with van der Waals surface area (Å²) in [6, 6.07) is 0. The van der Waals surface area contributed by atoms with Crippen molar-refractivity contribution in [2.45, 2.75) is 19.8 Å². The van der Waals surface area contributed by atoms with Crippen LogP contribution >= 0.6 is 11.3 Å². The fourth-order valence-electron chi connectivity index (χ4n) is 0.723. The molecule has 60 valence electrons. The van der Waals surface area contributed by atoms with E-state index >= 15 is 0 Å². The molecule has 3 nitrogen and oxygen atoms in total. The van der Waals surface area contributed by atoms with Gasteiger partial charge < -0.3 is 5.11 Å². The van der Waals surface area contributed by atoms with Crippen molar-refractivity contribution in [1.29, 1.82) is 0 Å². The van der Waals surface area contributed by atoms with Crippen molar-refractivity contribution in [2.75, 3.05) is 0 Å². The highest BCUT2D eigenvalue weighted by atomic mass is 32.1. The summed E-state index contributed by atoms with van der Waals surface area (Å²) in [5.74, 6) is -0.818. The van der Waals surface area contributed by atoms with Crippen molar-refractivity contribution >= 4 is 17.3 Å². The molecule has 0 bridgehead atoms. The van der Waals surface area contributed by atoms with E-state index < -0.39 is 5.97 Å². The molecule has 0 atom stereocenters. The third kappa shape index (κ3) is 2.31. The van der Waals surface area contributed by atoms with Gasteiger partial charge in [0.05, 0.1) is 6.42 Å². The molecule has 0 spiro atoms. The number of aryl methyl sites for hydroxylation is 1. The number of aliphatic carboxylic acids is 1. The van der Waals surface area contributed by atoms with Gasteiger partial charge in [0.2, 0.25) is 0 Å². The monoisotopic (exact) mass is 171 g/mol. The summed E-state index contributed by atoms with van der Waals surface area (Å²) >= 11 is 1.47. The highest BCUT2D eigenvalue weighted by Gasteiger charge is 2.04. The zero-order valence-corrected chi connectivity index (χ0v) is 7.02. The molecule has 1 aromatic heterocycles. The second-order valence-electron chi connectivity index (χ2n) is 2.14. The van der Waals surface area contributed by atoms with Crippen LogP contribution in [-0.2, 0) is 17.6 Å². The van der Waals surface area contributed by atoms with Crippen molar-refractivity contribution in [3.05, 3.63) is 16.1 Å². The van der Waals surface area contributed by atoms with Crippen molar-refractivity contribution in [2.24, 2.45) is 0 Å². The van der Waals surface area contributed by atoms with Crippen molar-refractivity contribution in [3.8, 4) is 0 Å². The van der Waals surface area contributed by atoms with Crippen LogP contribution in [0.3, 0.4) is 0 Å². The Balaban J connectivity index is 2.65. The van der Waals surface area contributed by atoms with Gasteiger partial charge in [0, 0.05) is 11.1 Å².